The van der Waals surface area contributed by atoms with Crippen molar-refractivity contribution in [3.8, 4) is 0 Å². The van der Waals surface area contributed by atoms with E-state index in [1.807, 2.05) is 0 Å². The number of nitrogen functional groups attached to an aromatic ring is 1. The van der Waals surface area contributed by atoms with Gasteiger partial charge in [-0.05, 0) is 24.3 Å². The van der Waals surface area contributed by atoms with E-state index in [-0.39, 0.29) is 22.1 Å². The van der Waals surface area contributed by atoms with Crippen LogP contribution >= 0.6 is 0 Å². The second kappa shape index (κ2) is 4.93. The first-order valence-corrected chi connectivity index (χ1v) is 6.94. The molecule has 0 spiro atoms. The quantitative estimate of drug-likeness (QED) is 0.567. The monoisotopic (exact) mass is 297 g/mol. The van der Waals surface area contributed by atoms with Gasteiger partial charge < -0.3 is 5.73 Å². The summed E-state index contributed by atoms with van der Waals surface area (Å²) in [5.74, 6) is -0.773. The molecule has 0 aliphatic carbocycles. The van der Waals surface area contributed by atoms with Gasteiger partial charge in [-0.2, -0.15) is 5.10 Å². The molecule has 0 bridgehead atoms. The average Bonchev–Trinajstić information content (AvgIpc) is 2.71. The number of aryl methyl sites for hydroxylation is 1. The summed E-state index contributed by atoms with van der Waals surface area (Å²) in [6.45, 7) is 0. The summed E-state index contributed by atoms with van der Waals surface area (Å²) in [6, 6.07) is 4.37. The molecule has 2 rings (SSSR count). The van der Waals surface area contributed by atoms with Gasteiger partial charge in [-0.15, -0.1) is 0 Å². The smallest absolute Gasteiger partial charge is 0.263 e. The SMILES string of the molecule is Cn1ncc(C(=N)N)c1NS(=O)(=O)c1ccc(F)cc1. The van der Waals surface area contributed by atoms with Crippen LogP contribution in [0.3, 0.4) is 0 Å². The zero-order chi connectivity index (χ0) is 14.9. The summed E-state index contributed by atoms with van der Waals surface area (Å²) < 4.78 is 40.6. The highest BCUT2D eigenvalue weighted by molar-refractivity contribution is 7.92. The molecule has 4 N–H and O–H groups in total. The molecule has 0 unspecified atom stereocenters. The number of rotatable bonds is 4. The number of hydrogen-bond acceptors (Lipinski definition) is 4. The van der Waals surface area contributed by atoms with Crippen LogP contribution in [-0.2, 0) is 17.1 Å². The van der Waals surface area contributed by atoms with Crippen molar-refractivity contribution in [2.45, 2.75) is 4.90 Å². The Hall–Kier alpha value is -2.42. The van der Waals surface area contributed by atoms with Gasteiger partial charge in [0.25, 0.3) is 10.0 Å². The molecule has 0 aliphatic rings. The van der Waals surface area contributed by atoms with Crippen LogP contribution in [0.25, 0.3) is 0 Å². The van der Waals surface area contributed by atoms with Crippen LogP contribution in [0.15, 0.2) is 35.4 Å². The van der Waals surface area contributed by atoms with Gasteiger partial charge in [0, 0.05) is 7.05 Å². The Morgan fingerprint density at radius 1 is 1.40 bits per heavy atom. The lowest BCUT2D eigenvalue weighted by Crippen LogP contribution is -2.19. The Labute approximate surface area is 114 Å². The Balaban J connectivity index is 2.41. The summed E-state index contributed by atoms with van der Waals surface area (Å²) in [7, 11) is -2.40. The summed E-state index contributed by atoms with van der Waals surface area (Å²) in [4.78, 5) is -0.102. The molecule has 7 nitrogen and oxygen atoms in total. The Bertz CT molecular complexity index is 752. The van der Waals surface area contributed by atoms with Crippen molar-refractivity contribution in [2.24, 2.45) is 12.8 Å². The van der Waals surface area contributed by atoms with Crippen molar-refractivity contribution >= 4 is 21.7 Å². The third-order valence-corrected chi connectivity index (χ3v) is 3.94. The van der Waals surface area contributed by atoms with Crippen molar-refractivity contribution in [2.75, 3.05) is 4.72 Å². The molecule has 0 aliphatic heterocycles. The molecule has 2 aromatic rings. The average molecular weight is 297 g/mol. The highest BCUT2D eigenvalue weighted by Gasteiger charge is 2.20. The van der Waals surface area contributed by atoms with E-state index in [0.717, 1.165) is 24.3 Å². The fraction of sp³-hybridized carbons (Fsp3) is 0.0909. The maximum atomic E-state index is 12.8. The number of nitrogens with one attached hydrogen (secondary N) is 2. The Morgan fingerprint density at radius 3 is 2.55 bits per heavy atom. The summed E-state index contributed by atoms with van der Waals surface area (Å²) in [5, 5.41) is 11.2. The zero-order valence-corrected chi connectivity index (χ0v) is 11.3. The minimum atomic E-state index is -3.91. The second-order valence-electron chi connectivity index (χ2n) is 4.00. The molecular weight excluding hydrogens is 285 g/mol. The fourth-order valence-electron chi connectivity index (χ4n) is 1.56. The standard InChI is InChI=1S/C11H12FN5O2S/c1-17-11(9(6-15-17)10(13)14)16-20(18,19)8-4-2-7(12)3-5-8/h2-6,16H,1H3,(H3,13,14). The molecule has 1 heterocycles. The van der Waals surface area contributed by atoms with Crippen LogP contribution in [0.4, 0.5) is 10.2 Å². The number of hydrogen-bond donors (Lipinski definition) is 3. The van der Waals surface area contributed by atoms with Gasteiger partial charge in [0.05, 0.1) is 16.7 Å². The molecular formula is C11H12FN5O2S. The Kier molecular flexibility index (Phi) is 3.45. The van der Waals surface area contributed by atoms with E-state index in [2.05, 4.69) is 9.82 Å². The highest BCUT2D eigenvalue weighted by atomic mass is 32.2. The van der Waals surface area contributed by atoms with E-state index in [1.54, 1.807) is 0 Å². The van der Waals surface area contributed by atoms with Gasteiger partial charge in [0.15, 0.2) is 0 Å². The van der Waals surface area contributed by atoms with Crippen LogP contribution in [0, 0.1) is 11.2 Å². The first-order chi connectivity index (χ1) is 9.31. The van der Waals surface area contributed by atoms with Crippen LogP contribution in [0.1, 0.15) is 5.56 Å². The second-order valence-corrected chi connectivity index (χ2v) is 5.69. The van der Waals surface area contributed by atoms with Gasteiger partial charge in [-0.25, -0.2) is 12.8 Å². The van der Waals surface area contributed by atoms with E-state index in [4.69, 9.17) is 11.1 Å². The number of aromatic nitrogens is 2. The number of anilines is 1. The molecule has 0 amide bonds. The normalized spacial score (nSPS) is 11.3. The maximum Gasteiger partial charge on any atom is 0.263 e. The number of nitrogens with two attached hydrogens (primary N) is 1. The molecule has 1 aromatic carbocycles. The molecule has 0 radical (unpaired) electrons. The Morgan fingerprint density at radius 2 is 2.00 bits per heavy atom. The zero-order valence-electron chi connectivity index (χ0n) is 10.5. The van der Waals surface area contributed by atoms with E-state index >= 15 is 0 Å². The predicted octanol–water partition coefficient (Wildman–Crippen LogP) is 0.644. The van der Waals surface area contributed by atoms with Crippen molar-refractivity contribution in [1.82, 2.24) is 9.78 Å². The van der Waals surface area contributed by atoms with Crippen molar-refractivity contribution in [3.63, 3.8) is 0 Å². The first kappa shape index (κ1) is 14.0. The van der Waals surface area contributed by atoms with E-state index in [1.165, 1.54) is 17.9 Å². The van der Waals surface area contributed by atoms with Crippen LogP contribution in [0.5, 0.6) is 0 Å². The van der Waals surface area contributed by atoms with Crippen molar-refractivity contribution in [3.05, 3.63) is 41.8 Å². The lowest BCUT2D eigenvalue weighted by molar-refractivity contribution is 0.598. The number of sulfonamides is 1. The van der Waals surface area contributed by atoms with Crippen LogP contribution in [-0.4, -0.2) is 24.0 Å². The van der Waals surface area contributed by atoms with Gasteiger partial charge >= 0.3 is 0 Å². The van der Waals surface area contributed by atoms with Gasteiger partial charge in [0.2, 0.25) is 0 Å². The maximum absolute atomic E-state index is 12.8. The number of nitrogens with zero attached hydrogens (tertiary/aromatic N) is 2. The van der Waals surface area contributed by atoms with Gasteiger partial charge in [-0.1, -0.05) is 0 Å². The number of benzene rings is 1. The lowest BCUT2D eigenvalue weighted by Gasteiger charge is -2.10. The fourth-order valence-corrected chi connectivity index (χ4v) is 2.66. The summed E-state index contributed by atoms with van der Waals surface area (Å²) in [5.41, 5.74) is 5.52. The van der Waals surface area contributed by atoms with Crippen molar-refractivity contribution < 1.29 is 12.8 Å². The summed E-state index contributed by atoms with van der Waals surface area (Å²) >= 11 is 0. The minimum Gasteiger partial charge on any atom is -0.384 e. The third-order valence-electron chi connectivity index (χ3n) is 2.58. The van der Waals surface area contributed by atoms with Crippen LogP contribution < -0.4 is 10.5 Å². The lowest BCUT2D eigenvalue weighted by atomic mass is 10.3. The predicted molar refractivity (Wildman–Crippen MR) is 71.4 cm³/mol. The molecule has 106 valence electrons. The third kappa shape index (κ3) is 2.62. The molecule has 0 fully saturated rings. The van der Waals surface area contributed by atoms with Gasteiger partial charge in [-0.3, -0.25) is 14.8 Å². The molecule has 9 heteroatoms. The van der Waals surface area contributed by atoms with Gasteiger partial charge in [0.1, 0.15) is 17.5 Å². The molecule has 0 saturated heterocycles. The van der Waals surface area contributed by atoms with Crippen molar-refractivity contribution in [1.29, 1.82) is 5.41 Å². The minimum absolute atomic E-state index is 0.0711. The molecule has 0 atom stereocenters. The summed E-state index contributed by atoms with van der Waals surface area (Å²) in [6.07, 6.45) is 1.28. The van der Waals surface area contributed by atoms with E-state index < -0.39 is 15.8 Å². The number of amidine groups is 1. The molecule has 20 heavy (non-hydrogen) atoms. The first-order valence-electron chi connectivity index (χ1n) is 5.46. The topological polar surface area (TPSA) is 114 Å². The van der Waals surface area contributed by atoms with Crippen LogP contribution in [0.2, 0.25) is 0 Å². The largest absolute Gasteiger partial charge is 0.384 e. The molecule has 0 saturated carbocycles. The van der Waals surface area contributed by atoms with E-state index in [0.29, 0.717) is 0 Å². The number of halogens is 1. The van der Waals surface area contributed by atoms with E-state index in [9.17, 15) is 12.8 Å². The molecule has 1 aromatic heterocycles. The highest BCUT2D eigenvalue weighted by Crippen LogP contribution is 2.19.